The minimum absolute atomic E-state index is 0.0224. The summed E-state index contributed by atoms with van der Waals surface area (Å²) in [7, 11) is -3.84. The van der Waals surface area contributed by atoms with Crippen molar-refractivity contribution in [1.29, 1.82) is 0 Å². The highest BCUT2D eigenvalue weighted by atomic mass is 79.9. The number of fused-ring (bicyclic) bond motifs is 1. The average molecular weight is 509 g/mol. The predicted molar refractivity (Wildman–Crippen MR) is 119 cm³/mol. The van der Waals surface area contributed by atoms with Crippen LogP contribution in [0, 0.1) is 18.7 Å². The molecule has 0 atom stereocenters. The van der Waals surface area contributed by atoms with Crippen LogP contribution in [0.25, 0.3) is 0 Å². The van der Waals surface area contributed by atoms with Gasteiger partial charge >= 0.3 is 0 Å². The minimum atomic E-state index is -3.84. The first-order valence-electron chi connectivity index (χ1n) is 10.1. The molecule has 0 saturated heterocycles. The molecular formula is C22H22BrFN2O4S. The van der Waals surface area contributed by atoms with Gasteiger partial charge in [0.15, 0.2) is 9.84 Å². The summed E-state index contributed by atoms with van der Waals surface area (Å²) in [6.45, 7) is 2.07. The number of hydrogen-bond acceptors (Lipinski definition) is 4. The van der Waals surface area contributed by atoms with E-state index in [9.17, 15) is 22.4 Å². The van der Waals surface area contributed by atoms with Gasteiger partial charge in [-0.2, -0.15) is 0 Å². The third-order valence-electron chi connectivity index (χ3n) is 5.57. The van der Waals surface area contributed by atoms with Crippen molar-refractivity contribution >= 4 is 49.0 Å². The van der Waals surface area contributed by atoms with Crippen molar-refractivity contribution in [2.24, 2.45) is 5.92 Å². The van der Waals surface area contributed by atoms with E-state index in [0.29, 0.717) is 28.7 Å². The molecule has 1 aliphatic carbocycles. The summed E-state index contributed by atoms with van der Waals surface area (Å²) in [5.74, 6) is -1.44. The minimum Gasteiger partial charge on any atom is -0.326 e. The van der Waals surface area contributed by atoms with Gasteiger partial charge in [0.25, 0.3) is 0 Å². The molecule has 1 N–H and O–H groups in total. The van der Waals surface area contributed by atoms with Crippen molar-refractivity contribution in [3.05, 3.63) is 51.7 Å². The average Bonchev–Trinajstić information content (AvgIpc) is 3.48. The highest BCUT2D eigenvalue weighted by Crippen LogP contribution is 2.41. The van der Waals surface area contributed by atoms with E-state index in [-0.39, 0.29) is 28.8 Å². The van der Waals surface area contributed by atoms with Crippen LogP contribution in [-0.2, 0) is 25.8 Å². The van der Waals surface area contributed by atoms with Crippen LogP contribution in [0.3, 0.4) is 0 Å². The summed E-state index contributed by atoms with van der Waals surface area (Å²) < 4.78 is 40.6. The van der Waals surface area contributed by atoms with Crippen molar-refractivity contribution < 1.29 is 22.4 Å². The van der Waals surface area contributed by atoms with Crippen LogP contribution >= 0.6 is 15.9 Å². The maximum atomic E-state index is 13.7. The molecule has 4 rings (SSSR count). The van der Waals surface area contributed by atoms with Gasteiger partial charge in [0, 0.05) is 29.0 Å². The second-order valence-electron chi connectivity index (χ2n) is 8.01. The Morgan fingerprint density at radius 2 is 1.97 bits per heavy atom. The molecule has 2 amide bonds. The van der Waals surface area contributed by atoms with Crippen LogP contribution in [0.4, 0.5) is 15.8 Å². The van der Waals surface area contributed by atoms with E-state index in [2.05, 4.69) is 21.2 Å². The number of carbonyl (C=O) groups excluding carboxylic acids is 2. The van der Waals surface area contributed by atoms with Crippen LogP contribution in [0.1, 0.15) is 30.4 Å². The van der Waals surface area contributed by atoms with Gasteiger partial charge in [0.1, 0.15) is 5.82 Å². The zero-order chi connectivity index (χ0) is 22.3. The van der Waals surface area contributed by atoms with Gasteiger partial charge in [-0.1, -0.05) is 22.0 Å². The Balaban J connectivity index is 1.53. The summed E-state index contributed by atoms with van der Waals surface area (Å²) >= 11 is 3.36. The Bertz CT molecular complexity index is 1180. The first-order chi connectivity index (χ1) is 14.7. The maximum Gasteiger partial charge on any atom is 0.230 e. The maximum absolute atomic E-state index is 13.7. The zero-order valence-corrected chi connectivity index (χ0v) is 19.4. The number of nitrogens with one attached hydrogen (secondary N) is 1. The van der Waals surface area contributed by atoms with Gasteiger partial charge in [-0.15, -0.1) is 0 Å². The third-order valence-corrected chi connectivity index (χ3v) is 7.76. The lowest BCUT2D eigenvalue weighted by Crippen LogP contribution is -2.31. The molecule has 1 heterocycles. The summed E-state index contributed by atoms with van der Waals surface area (Å²) in [6, 6.07) is 7.64. The van der Waals surface area contributed by atoms with Gasteiger partial charge in [0.05, 0.1) is 16.3 Å². The van der Waals surface area contributed by atoms with E-state index >= 15 is 0 Å². The number of nitrogens with zero attached hydrogens (tertiary/aromatic N) is 1. The van der Waals surface area contributed by atoms with Crippen molar-refractivity contribution in [2.45, 2.75) is 37.5 Å². The van der Waals surface area contributed by atoms with E-state index in [4.69, 9.17) is 0 Å². The molecule has 2 aromatic rings. The fraction of sp³-hybridized carbons (Fsp3) is 0.364. The van der Waals surface area contributed by atoms with Gasteiger partial charge in [-0.05, 0) is 61.6 Å². The summed E-state index contributed by atoms with van der Waals surface area (Å²) in [5.41, 5.74) is 1.98. The fourth-order valence-corrected chi connectivity index (χ4v) is 5.88. The molecule has 2 aliphatic rings. The van der Waals surface area contributed by atoms with Gasteiger partial charge < -0.3 is 10.2 Å². The van der Waals surface area contributed by atoms with Crippen molar-refractivity contribution in [3.8, 4) is 0 Å². The smallest absolute Gasteiger partial charge is 0.230 e. The van der Waals surface area contributed by atoms with E-state index in [0.717, 1.165) is 18.4 Å². The lowest BCUT2D eigenvalue weighted by Gasteiger charge is -2.20. The molecule has 6 nitrogen and oxygen atoms in total. The molecule has 0 radical (unpaired) electrons. The predicted octanol–water partition coefficient (Wildman–Crippen LogP) is 4.00. The van der Waals surface area contributed by atoms with E-state index in [1.165, 1.54) is 18.2 Å². The SMILES string of the molecule is Cc1ccc(NC(=O)CCS(=O)(=O)c2cc(Br)cc3c2N(C(=O)C2CC2)CC3)cc1F. The molecule has 0 bridgehead atoms. The molecule has 1 saturated carbocycles. The van der Waals surface area contributed by atoms with E-state index in [1.807, 2.05) is 6.07 Å². The summed E-state index contributed by atoms with van der Waals surface area (Å²) in [6.07, 6.45) is 1.98. The molecule has 0 spiro atoms. The van der Waals surface area contributed by atoms with Crippen LogP contribution in [0.5, 0.6) is 0 Å². The number of aryl methyl sites for hydroxylation is 1. The fourth-order valence-electron chi connectivity index (χ4n) is 3.71. The first-order valence-corrected chi connectivity index (χ1v) is 12.5. The van der Waals surface area contributed by atoms with Gasteiger partial charge in [0.2, 0.25) is 11.8 Å². The number of anilines is 2. The van der Waals surface area contributed by atoms with Crippen LogP contribution in [0.15, 0.2) is 39.7 Å². The Morgan fingerprint density at radius 1 is 1.23 bits per heavy atom. The van der Waals surface area contributed by atoms with Gasteiger partial charge in [-0.25, -0.2) is 12.8 Å². The lowest BCUT2D eigenvalue weighted by atomic mass is 10.2. The first kappa shape index (κ1) is 22.0. The van der Waals surface area contributed by atoms with Crippen molar-refractivity contribution in [1.82, 2.24) is 0 Å². The number of sulfone groups is 1. The summed E-state index contributed by atoms with van der Waals surface area (Å²) in [4.78, 5) is 26.6. The number of amides is 2. The Morgan fingerprint density at radius 3 is 2.65 bits per heavy atom. The van der Waals surface area contributed by atoms with Crippen molar-refractivity contribution in [3.63, 3.8) is 0 Å². The lowest BCUT2D eigenvalue weighted by molar-refractivity contribution is -0.119. The van der Waals surface area contributed by atoms with E-state index in [1.54, 1.807) is 17.9 Å². The van der Waals surface area contributed by atoms with Crippen LogP contribution in [0.2, 0.25) is 0 Å². The van der Waals surface area contributed by atoms with Crippen LogP contribution in [-0.4, -0.2) is 32.5 Å². The van der Waals surface area contributed by atoms with Gasteiger partial charge in [-0.3, -0.25) is 9.59 Å². The molecule has 1 fully saturated rings. The second kappa shape index (κ2) is 8.35. The monoisotopic (exact) mass is 508 g/mol. The molecule has 0 aromatic heterocycles. The van der Waals surface area contributed by atoms with E-state index < -0.39 is 27.3 Å². The highest BCUT2D eigenvalue weighted by molar-refractivity contribution is 9.10. The number of benzene rings is 2. The number of halogens is 2. The quantitative estimate of drug-likeness (QED) is 0.639. The molecule has 31 heavy (non-hydrogen) atoms. The number of carbonyl (C=O) groups is 2. The highest BCUT2D eigenvalue weighted by Gasteiger charge is 2.39. The normalized spacial score (nSPS) is 15.6. The summed E-state index contributed by atoms with van der Waals surface area (Å²) in [5, 5.41) is 2.53. The number of hydrogen-bond donors (Lipinski definition) is 1. The number of rotatable bonds is 6. The Hall–Kier alpha value is -2.26. The standard InChI is InChI=1S/C22H22BrFN2O4S/c1-13-2-5-17(12-18(13)24)25-20(27)7-9-31(29,30)19-11-16(23)10-15-6-8-26(21(15)19)22(28)14-3-4-14/h2,5,10-12,14H,3-4,6-9H2,1H3,(H,25,27). The second-order valence-corrected chi connectivity index (χ2v) is 11.0. The molecule has 1 aliphatic heterocycles. The van der Waals surface area contributed by atoms with Crippen molar-refractivity contribution in [2.75, 3.05) is 22.5 Å². The topological polar surface area (TPSA) is 83.6 Å². The van der Waals surface area contributed by atoms with Crippen LogP contribution < -0.4 is 10.2 Å². The molecule has 0 unspecified atom stereocenters. The molecular weight excluding hydrogens is 487 g/mol. The molecule has 2 aromatic carbocycles. The third kappa shape index (κ3) is 4.67. The zero-order valence-electron chi connectivity index (χ0n) is 17.0. The Kier molecular flexibility index (Phi) is 5.91. The Labute approximate surface area is 188 Å². The largest absolute Gasteiger partial charge is 0.326 e. The molecule has 164 valence electrons. The molecule has 9 heteroatoms.